The summed E-state index contributed by atoms with van der Waals surface area (Å²) in [6, 6.07) is 7.93. The molecule has 0 spiro atoms. The first kappa shape index (κ1) is 13.5. The third-order valence-corrected chi connectivity index (χ3v) is 3.30. The molecule has 0 radical (unpaired) electrons. The van der Waals surface area contributed by atoms with Gasteiger partial charge in [-0.1, -0.05) is 17.7 Å². The van der Waals surface area contributed by atoms with Gasteiger partial charge >= 0.3 is 0 Å². The van der Waals surface area contributed by atoms with Crippen LogP contribution in [0.4, 0.5) is 4.39 Å². The fourth-order valence-electron chi connectivity index (χ4n) is 1.56. The third-order valence-electron chi connectivity index (χ3n) is 2.52. The molecule has 0 fully saturated rings. The lowest BCUT2D eigenvalue weighted by Crippen LogP contribution is -2.03. The predicted molar refractivity (Wildman–Crippen MR) is 72.0 cm³/mol. The Kier molecular flexibility index (Phi) is 4.32. The van der Waals surface area contributed by atoms with E-state index in [1.807, 2.05) is 6.07 Å². The quantitative estimate of drug-likeness (QED) is 0.925. The lowest BCUT2D eigenvalue weighted by molar-refractivity contribution is 0.177. The summed E-state index contributed by atoms with van der Waals surface area (Å²) in [6.45, 7) is 0. The molecule has 0 amide bonds. The first-order valence-electron chi connectivity index (χ1n) is 5.29. The summed E-state index contributed by atoms with van der Waals surface area (Å²) in [5.41, 5.74) is 1.22. The highest BCUT2D eigenvalue weighted by molar-refractivity contribution is 9.10. The van der Waals surface area contributed by atoms with Crippen molar-refractivity contribution in [3.8, 4) is 0 Å². The second-order valence-corrected chi connectivity index (χ2v) is 5.18. The summed E-state index contributed by atoms with van der Waals surface area (Å²) < 4.78 is 14.1. The molecule has 2 nitrogen and oxygen atoms in total. The molecule has 2 aromatic rings. The first-order valence-corrected chi connectivity index (χ1v) is 6.47. The largest absolute Gasteiger partial charge is 0.388 e. The number of halogens is 3. The molecular formula is C13H10BrClFNO. The van der Waals surface area contributed by atoms with E-state index >= 15 is 0 Å². The number of aliphatic hydroxyl groups is 1. The zero-order valence-electron chi connectivity index (χ0n) is 9.28. The van der Waals surface area contributed by atoms with Gasteiger partial charge in [0.15, 0.2) is 0 Å². The summed E-state index contributed by atoms with van der Waals surface area (Å²) >= 11 is 8.87. The fraction of sp³-hybridized carbons (Fsp3) is 0.154. The molecule has 2 rings (SSSR count). The molecule has 94 valence electrons. The Labute approximate surface area is 118 Å². The van der Waals surface area contributed by atoms with Crippen LogP contribution >= 0.6 is 27.5 Å². The molecule has 0 aliphatic heterocycles. The number of pyridine rings is 1. The van der Waals surface area contributed by atoms with Gasteiger partial charge in [0.25, 0.3) is 0 Å². The molecule has 0 aliphatic rings. The topological polar surface area (TPSA) is 33.1 Å². The Morgan fingerprint density at radius 2 is 2.11 bits per heavy atom. The van der Waals surface area contributed by atoms with Gasteiger partial charge in [0.05, 0.1) is 11.1 Å². The highest BCUT2D eigenvalue weighted by Crippen LogP contribution is 2.22. The van der Waals surface area contributed by atoms with Crippen LogP contribution in [0.2, 0.25) is 5.02 Å². The molecule has 1 unspecified atom stereocenters. The van der Waals surface area contributed by atoms with Crippen molar-refractivity contribution in [3.05, 3.63) is 63.1 Å². The summed E-state index contributed by atoms with van der Waals surface area (Å²) in [4.78, 5) is 4.16. The summed E-state index contributed by atoms with van der Waals surface area (Å²) in [5, 5.41) is 10.0. The van der Waals surface area contributed by atoms with E-state index in [0.717, 1.165) is 10.2 Å². The summed E-state index contributed by atoms with van der Waals surface area (Å²) in [7, 11) is 0. The normalized spacial score (nSPS) is 12.4. The molecule has 1 heterocycles. The molecule has 0 saturated carbocycles. The van der Waals surface area contributed by atoms with Crippen molar-refractivity contribution in [2.45, 2.75) is 12.5 Å². The molecule has 0 saturated heterocycles. The van der Waals surface area contributed by atoms with E-state index in [1.165, 1.54) is 12.1 Å². The zero-order chi connectivity index (χ0) is 13.1. The van der Waals surface area contributed by atoms with Crippen molar-refractivity contribution in [2.24, 2.45) is 0 Å². The highest BCUT2D eigenvalue weighted by atomic mass is 79.9. The van der Waals surface area contributed by atoms with Crippen molar-refractivity contribution in [1.82, 2.24) is 4.98 Å². The van der Waals surface area contributed by atoms with Crippen LogP contribution in [0.25, 0.3) is 0 Å². The van der Waals surface area contributed by atoms with Gasteiger partial charge in [0.2, 0.25) is 0 Å². The van der Waals surface area contributed by atoms with E-state index in [-0.39, 0.29) is 5.02 Å². The minimum Gasteiger partial charge on any atom is -0.388 e. The molecular weight excluding hydrogens is 321 g/mol. The van der Waals surface area contributed by atoms with Gasteiger partial charge in [-0.15, -0.1) is 0 Å². The van der Waals surface area contributed by atoms with Crippen LogP contribution in [0, 0.1) is 5.82 Å². The van der Waals surface area contributed by atoms with Crippen molar-refractivity contribution in [1.29, 1.82) is 0 Å². The number of aliphatic hydroxyl groups excluding tert-OH is 1. The van der Waals surface area contributed by atoms with Crippen LogP contribution in [-0.2, 0) is 6.42 Å². The van der Waals surface area contributed by atoms with Gasteiger partial charge < -0.3 is 5.11 Å². The molecule has 1 aromatic heterocycles. The molecule has 0 bridgehead atoms. The van der Waals surface area contributed by atoms with E-state index in [2.05, 4.69) is 20.9 Å². The molecule has 18 heavy (non-hydrogen) atoms. The van der Waals surface area contributed by atoms with Gasteiger partial charge in [0, 0.05) is 22.8 Å². The standard InChI is InChI=1S/C13H10BrClFNO/c14-9-2-3-10(17-7-9)6-13(18)8-1-4-11(15)12(16)5-8/h1-5,7,13,18H,6H2. The number of aromatic nitrogens is 1. The molecule has 1 atom stereocenters. The van der Waals surface area contributed by atoms with Crippen molar-refractivity contribution < 1.29 is 9.50 Å². The minimum absolute atomic E-state index is 0.0488. The van der Waals surface area contributed by atoms with Crippen LogP contribution in [0.5, 0.6) is 0 Å². The Balaban J connectivity index is 2.13. The predicted octanol–water partition coefficient (Wildman–Crippen LogP) is 3.91. The van der Waals surface area contributed by atoms with Gasteiger partial charge in [-0.05, 0) is 45.8 Å². The van der Waals surface area contributed by atoms with Crippen LogP contribution in [0.15, 0.2) is 41.0 Å². The van der Waals surface area contributed by atoms with E-state index < -0.39 is 11.9 Å². The van der Waals surface area contributed by atoms with Gasteiger partial charge in [0.1, 0.15) is 5.82 Å². The van der Waals surface area contributed by atoms with Crippen LogP contribution in [0.1, 0.15) is 17.4 Å². The first-order chi connectivity index (χ1) is 8.56. The SMILES string of the molecule is OC(Cc1ccc(Br)cn1)c1ccc(Cl)c(F)c1. The average molecular weight is 331 g/mol. The molecule has 1 N–H and O–H groups in total. The van der Waals surface area contributed by atoms with Crippen molar-refractivity contribution in [2.75, 3.05) is 0 Å². The monoisotopic (exact) mass is 329 g/mol. The maximum Gasteiger partial charge on any atom is 0.142 e. The Morgan fingerprint density at radius 1 is 1.33 bits per heavy atom. The number of nitrogens with zero attached hydrogens (tertiary/aromatic N) is 1. The lowest BCUT2D eigenvalue weighted by atomic mass is 10.0. The van der Waals surface area contributed by atoms with Crippen molar-refractivity contribution in [3.63, 3.8) is 0 Å². The number of rotatable bonds is 3. The van der Waals surface area contributed by atoms with Crippen LogP contribution in [-0.4, -0.2) is 10.1 Å². The van der Waals surface area contributed by atoms with Crippen molar-refractivity contribution >= 4 is 27.5 Å². The molecule has 1 aromatic carbocycles. The number of hydrogen-bond acceptors (Lipinski definition) is 2. The average Bonchev–Trinajstić information content (AvgIpc) is 2.35. The maximum atomic E-state index is 13.3. The number of hydrogen-bond donors (Lipinski definition) is 1. The zero-order valence-corrected chi connectivity index (χ0v) is 11.6. The Morgan fingerprint density at radius 3 is 2.72 bits per heavy atom. The summed E-state index contributed by atoms with van der Waals surface area (Å²) in [5.74, 6) is -0.531. The van der Waals surface area contributed by atoms with E-state index in [9.17, 15) is 9.50 Å². The maximum absolute atomic E-state index is 13.3. The Bertz CT molecular complexity index is 547. The molecule has 5 heteroatoms. The number of benzene rings is 1. The van der Waals surface area contributed by atoms with Crippen LogP contribution < -0.4 is 0 Å². The lowest BCUT2D eigenvalue weighted by Gasteiger charge is -2.11. The van der Waals surface area contributed by atoms with E-state index in [4.69, 9.17) is 11.6 Å². The fourth-order valence-corrected chi connectivity index (χ4v) is 1.91. The third kappa shape index (κ3) is 3.28. The second kappa shape index (κ2) is 5.78. The van der Waals surface area contributed by atoms with Crippen LogP contribution in [0.3, 0.4) is 0 Å². The summed E-state index contributed by atoms with van der Waals surface area (Å²) in [6.07, 6.45) is 1.18. The van der Waals surface area contributed by atoms with E-state index in [1.54, 1.807) is 18.3 Å². The van der Waals surface area contributed by atoms with Gasteiger partial charge in [-0.25, -0.2) is 4.39 Å². The van der Waals surface area contributed by atoms with Gasteiger partial charge in [-0.3, -0.25) is 4.98 Å². The second-order valence-electron chi connectivity index (χ2n) is 3.86. The highest BCUT2D eigenvalue weighted by Gasteiger charge is 2.11. The molecule has 0 aliphatic carbocycles. The van der Waals surface area contributed by atoms with E-state index in [0.29, 0.717) is 12.0 Å². The van der Waals surface area contributed by atoms with Gasteiger partial charge in [-0.2, -0.15) is 0 Å². The minimum atomic E-state index is -0.801. The smallest absolute Gasteiger partial charge is 0.142 e. The Hall–Kier alpha value is -0.970.